The maximum Gasteiger partial charge on any atom is 0.338 e. The van der Waals surface area contributed by atoms with E-state index in [2.05, 4.69) is 20.9 Å². The number of esters is 1. The van der Waals surface area contributed by atoms with Crippen molar-refractivity contribution in [2.45, 2.75) is 26.5 Å². The molecule has 5 rings (SSSR count). The van der Waals surface area contributed by atoms with Crippen molar-refractivity contribution >= 4 is 39.3 Å². The van der Waals surface area contributed by atoms with Crippen LogP contribution >= 0.6 is 27.3 Å². The molecule has 0 fully saturated rings. The molecule has 1 aliphatic rings. The summed E-state index contributed by atoms with van der Waals surface area (Å²) in [4.78, 5) is 32.4. The fourth-order valence-corrected chi connectivity index (χ4v) is 6.57. The Labute approximate surface area is 270 Å². The Bertz CT molecular complexity index is 1990. The summed E-state index contributed by atoms with van der Waals surface area (Å²) < 4.78 is 44.3. The number of ether oxygens (including phenoxy) is 5. The third kappa shape index (κ3) is 6.38. The van der Waals surface area contributed by atoms with Gasteiger partial charge in [-0.25, -0.2) is 14.2 Å². The molecule has 0 bridgehead atoms. The van der Waals surface area contributed by atoms with E-state index >= 15 is 0 Å². The molecule has 4 aromatic rings. The normalized spacial score (nSPS) is 14.5. The monoisotopic (exact) mass is 696 g/mol. The summed E-state index contributed by atoms with van der Waals surface area (Å²) in [6.07, 6.45) is 1.72. The van der Waals surface area contributed by atoms with Gasteiger partial charge in [0, 0.05) is 10.0 Å². The van der Waals surface area contributed by atoms with Gasteiger partial charge in [-0.3, -0.25) is 9.36 Å². The Morgan fingerprint density at radius 1 is 1.02 bits per heavy atom. The van der Waals surface area contributed by atoms with Crippen molar-refractivity contribution in [3.05, 3.63) is 113 Å². The number of nitrogens with zero attached hydrogens (tertiary/aromatic N) is 2. The van der Waals surface area contributed by atoms with Gasteiger partial charge in [-0.2, -0.15) is 0 Å². The van der Waals surface area contributed by atoms with Gasteiger partial charge >= 0.3 is 5.97 Å². The van der Waals surface area contributed by atoms with Gasteiger partial charge in [-0.05, 0) is 61.4 Å². The van der Waals surface area contributed by atoms with Gasteiger partial charge in [0.25, 0.3) is 5.56 Å². The molecule has 0 aliphatic carbocycles. The minimum absolute atomic E-state index is 0.0227. The zero-order chi connectivity index (χ0) is 32.2. The predicted molar refractivity (Wildman–Crippen MR) is 171 cm³/mol. The molecule has 2 heterocycles. The number of carbonyl (C=O) groups is 1. The number of allylic oxidation sites excluding steroid dienone is 1. The molecule has 1 aliphatic heterocycles. The fourth-order valence-electron chi connectivity index (χ4n) is 4.98. The van der Waals surface area contributed by atoms with Crippen LogP contribution in [0.25, 0.3) is 6.08 Å². The maximum atomic E-state index is 14.1. The number of hydrogen-bond acceptors (Lipinski definition) is 9. The van der Waals surface area contributed by atoms with Crippen LogP contribution in [-0.4, -0.2) is 38.5 Å². The molecule has 3 aromatic carbocycles. The second kappa shape index (κ2) is 13.7. The van der Waals surface area contributed by atoms with Gasteiger partial charge in [0.05, 0.1) is 49.8 Å². The molecule has 12 heteroatoms. The van der Waals surface area contributed by atoms with E-state index in [1.165, 1.54) is 43.3 Å². The Hall–Kier alpha value is -4.42. The van der Waals surface area contributed by atoms with Crippen molar-refractivity contribution in [2.75, 3.05) is 27.9 Å². The number of aromatic nitrogens is 1. The Balaban J connectivity index is 1.60. The smallest absolute Gasteiger partial charge is 0.338 e. The summed E-state index contributed by atoms with van der Waals surface area (Å²) in [5.74, 6) is 0.820. The first kappa shape index (κ1) is 32.0. The van der Waals surface area contributed by atoms with Crippen LogP contribution in [0, 0.1) is 5.82 Å². The second-order valence-corrected chi connectivity index (χ2v) is 11.7. The number of benzene rings is 3. The van der Waals surface area contributed by atoms with Crippen molar-refractivity contribution in [3.63, 3.8) is 0 Å². The van der Waals surface area contributed by atoms with Crippen LogP contribution in [0.3, 0.4) is 0 Å². The highest BCUT2D eigenvalue weighted by Crippen LogP contribution is 2.41. The summed E-state index contributed by atoms with van der Waals surface area (Å²) in [6, 6.07) is 14.2. The van der Waals surface area contributed by atoms with Crippen LogP contribution in [0.4, 0.5) is 4.39 Å². The summed E-state index contributed by atoms with van der Waals surface area (Å²) in [7, 11) is 4.54. The van der Waals surface area contributed by atoms with E-state index in [9.17, 15) is 14.0 Å². The number of fused-ring (bicyclic) bond motifs is 1. The first-order valence-electron chi connectivity index (χ1n) is 13.9. The number of hydrogen-bond donors (Lipinski definition) is 0. The highest BCUT2D eigenvalue weighted by Gasteiger charge is 2.35. The number of rotatable bonds is 10. The van der Waals surface area contributed by atoms with Gasteiger partial charge < -0.3 is 23.7 Å². The summed E-state index contributed by atoms with van der Waals surface area (Å²) in [5, 5.41) is 0. The molecule has 1 atom stereocenters. The Morgan fingerprint density at radius 3 is 2.40 bits per heavy atom. The molecule has 0 spiro atoms. The van der Waals surface area contributed by atoms with Gasteiger partial charge in [0.1, 0.15) is 12.4 Å². The standard InChI is InChI=1S/C33H30BrFN2O7S/c1-6-43-32(39)29-18(2)36-33-37(30(29)21-15-26(41-4)27(42-5)16-22(21)34)31(38)28(45-33)14-19-11-12-24(25(13-19)40-3)44-17-20-9-7-8-10-23(20)35/h7-16,30H,6,17H2,1-5H3/b28-14-/t30-/m1/s1. The van der Waals surface area contributed by atoms with Crippen LogP contribution in [-0.2, 0) is 16.1 Å². The van der Waals surface area contributed by atoms with E-state index in [0.29, 0.717) is 59.2 Å². The van der Waals surface area contributed by atoms with E-state index in [1.807, 2.05) is 0 Å². The molecule has 1 aromatic heterocycles. The maximum absolute atomic E-state index is 14.1. The third-order valence-corrected chi connectivity index (χ3v) is 8.81. The zero-order valence-electron chi connectivity index (χ0n) is 25.2. The lowest BCUT2D eigenvalue weighted by Crippen LogP contribution is -2.40. The average molecular weight is 698 g/mol. The van der Waals surface area contributed by atoms with E-state index in [-0.39, 0.29) is 30.2 Å². The number of thiazole rings is 1. The van der Waals surface area contributed by atoms with Crippen LogP contribution in [0.15, 0.2) is 80.1 Å². The number of methoxy groups -OCH3 is 3. The highest BCUT2D eigenvalue weighted by molar-refractivity contribution is 9.10. The third-order valence-electron chi connectivity index (χ3n) is 7.14. The lowest BCUT2D eigenvalue weighted by atomic mass is 9.95. The molecule has 0 saturated carbocycles. The Morgan fingerprint density at radius 2 is 1.71 bits per heavy atom. The zero-order valence-corrected chi connectivity index (χ0v) is 27.6. The van der Waals surface area contributed by atoms with E-state index in [0.717, 1.165) is 0 Å². The molecular formula is C33H30BrFN2O7S. The van der Waals surface area contributed by atoms with Crippen molar-refractivity contribution in [1.29, 1.82) is 0 Å². The van der Waals surface area contributed by atoms with Crippen molar-refractivity contribution in [2.24, 2.45) is 4.99 Å². The lowest BCUT2D eigenvalue weighted by Gasteiger charge is -2.26. The quantitative estimate of drug-likeness (QED) is 0.208. The highest BCUT2D eigenvalue weighted by atomic mass is 79.9. The van der Waals surface area contributed by atoms with Crippen molar-refractivity contribution in [3.8, 4) is 23.0 Å². The molecule has 0 unspecified atom stereocenters. The SMILES string of the molecule is CCOC(=O)C1=C(C)N=c2s/c(=C\c3ccc(OCc4ccccc4F)c(OC)c3)c(=O)n2[C@@H]1c1cc(OC)c(OC)cc1Br. The molecule has 45 heavy (non-hydrogen) atoms. The van der Waals surface area contributed by atoms with Gasteiger partial charge in [0.15, 0.2) is 27.8 Å². The summed E-state index contributed by atoms with van der Waals surface area (Å²) in [6.45, 7) is 3.61. The molecule has 0 N–H and O–H groups in total. The summed E-state index contributed by atoms with van der Waals surface area (Å²) in [5.41, 5.74) is 2.00. The van der Waals surface area contributed by atoms with E-state index in [1.54, 1.807) is 68.5 Å². The molecule has 234 valence electrons. The minimum Gasteiger partial charge on any atom is -0.493 e. The first-order chi connectivity index (χ1) is 21.7. The lowest BCUT2D eigenvalue weighted by molar-refractivity contribution is -0.139. The minimum atomic E-state index is -0.861. The molecule has 9 nitrogen and oxygen atoms in total. The van der Waals surface area contributed by atoms with Crippen molar-refractivity contribution in [1.82, 2.24) is 4.57 Å². The molecule has 0 saturated heterocycles. The molecule has 0 amide bonds. The van der Waals surface area contributed by atoms with Crippen LogP contribution in [0.5, 0.6) is 23.0 Å². The van der Waals surface area contributed by atoms with E-state index in [4.69, 9.17) is 23.7 Å². The van der Waals surface area contributed by atoms with Gasteiger partial charge in [0.2, 0.25) is 0 Å². The predicted octanol–water partition coefficient (Wildman–Crippen LogP) is 5.30. The fraction of sp³-hybridized carbons (Fsp3) is 0.242. The van der Waals surface area contributed by atoms with Gasteiger partial charge in [-0.1, -0.05) is 51.5 Å². The number of carbonyl (C=O) groups excluding carboxylic acids is 1. The largest absolute Gasteiger partial charge is 0.493 e. The van der Waals surface area contributed by atoms with E-state index < -0.39 is 12.0 Å². The average Bonchev–Trinajstić information content (AvgIpc) is 3.33. The van der Waals surface area contributed by atoms with Crippen LogP contribution < -0.4 is 33.8 Å². The topological polar surface area (TPSA) is 97.6 Å². The summed E-state index contributed by atoms with van der Waals surface area (Å²) >= 11 is 4.80. The number of halogens is 2. The molecule has 0 radical (unpaired) electrons. The first-order valence-corrected chi connectivity index (χ1v) is 15.5. The van der Waals surface area contributed by atoms with Crippen LogP contribution in [0.2, 0.25) is 0 Å². The van der Waals surface area contributed by atoms with Crippen LogP contribution in [0.1, 0.15) is 36.6 Å². The van der Waals surface area contributed by atoms with Gasteiger partial charge in [-0.15, -0.1) is 0 Å². The molecular weight excluding hydrogens is 667 g/mol. The Kier molecular flexibility index (Phi) is 9.74. The second-order valence-electron chi connectivity index (χ2n) is 9.82. The van der Waals surface area contributed by atoms with Crippen molar-refractivity contribution < 1.29 is 32.9 Å².